The third-order valence-corrected chi connectivity index (χ3v) is 3.52. The van der Waals surface area contributed by atoms with Crippen LogP contribution in [-0.4, -0.2) is 42.6 Å². The van der Waals surface area contributed by atoms with Gasteiger partial charge in [0.15, 0.2) is 0 Å². The van der Waals surface area contributed by atoms with Gasteiger partial charge in [0.2, 0.25) is 5.91 Å². The van der Waals surface area contributed by atoms with E-state index < -0.39 is 0 Å². The fourth-order valence-corrected chi connectivity index (χ4v) is 2.85. The molecule has 1 heterocycles. The van der Waals surface area contributed by atoms with E-state index in [0.29, 0.717) is 23.1 Å². The van der Waals surface area contributed by atoms with Crippen LogP contribution in [0.3, 0.4) is 0 Å². The molecular weight excluding hydrogens is 299 g/mol. The summed E-state index contributed by atoms with van der Waals surface area (Å²) < 4.78 is 5.61. The van der Waals surface area contributed by atoms with Gasteiger partial charge in [-0.25, -0.2) is 0 Å². The largest absolute Gasteiger partial charge is 0.376 e. The Bertz CT molecular complexity index is 466. The number of hydrogen-bond acceptors (Lipinski definition) is 3. The number of hydrogen-bond donors (Lipinski definition) is 1. The molecule has 1 fully saturated rings. The van der Waals surface area contributed by atoms with E-state index in [1.165, 1.54) is 0 Å². The Kier molecular flexibility index (Phi) is 5.13. The molecule has 0 radical (unpaired) electrons. The highest BCUT2D eigenvalue weighted by Gasteiger charge is 2.25. The van der Waals surface area contributed by atoms with E-state index in [1.807, 2.05) is 18.7 Å². The quantitative estimate of drug-likeness (QED) is 0.932. The number of nitrogens with one attached hydrogen (secondary N) is 1. The van der Waals surface area contributed by atoms with Crippen LogP contribution in [0.25, 0.3) is 0 Å². The number of rotatable bonds is 3. The summed E-state index contributed by atoms with van der Waals surface area (Å²) in [6.07, 6.45) is 0.145. The highest BCUT2D eigenvalue weighted by atomic mass is 35.5. The summed E-state index contributed by atoms with van der Waals surface area (Å²) in [5.74, 6) is 0.0445. The van der Waals surface area contributed by atoms with Crippen LogP contribution in [0.5, 0.6) is 0 Å². The van der Waals surface area contributed by atoms with E-state index in [4.69, 9.17) is 27.9 Å². The van der Waals surface area contributed by atoms with Crippen LogP contribution >= 0.6 is 23.2 Å². The number of carbonyl (C=O) groups excluding carboxylic acids is 1. The second kappa shape index (κ2) is 6.66. The van der Waals surface area contributed by atoms with Gasteiger partial charge < -0.3 is 15.0 Å². The molecule has 0 bridgehead atoms. The Hall–Kier alpha value is -0.970. The van der Waals surface area contributed by atoms with E-state index in [2.05, 4.69) is 5.32 Å². The maximum atomic E-state index is 12.2. The Labute approximate surface area is 129 Å². The number of anilines is 1. The summed E-state index contributed by atoms with van der Waals surface area (Å²) in [5.41, 5.74) is 0.741. The van der Waals surface area contributed by atoms with Crippen molar-refractivity contribution in [3.05, 3.63) is 28.2 Å². The molecule has 0 aromatic heterocycles. The van der Waals surface area contributed by atoms with Crippen molar-refractivity contribution in [3.8, 4) is 0 Å². The molecule has 2 atom stereocenters. The molecule has 0 aliphatic carbocycles. The molecule has 20 heavy (non-hydrogen) atoms. The standard InChI is InChI=1S/C14H18Cl2N2O2/c1-9-7-18(8-10(2)20-9)14(19)6-17-13-4-11(15)3-12(16)5-13/h3-5,9-10,17H,6-8H2,1-2H3/t9-,10-/m0/s1. The molecule has 4 nitrogen and oxygen atoms in total. The van der Waals surface area contributed by atoms with Gasteiger partial charge in [0, 0.05) is 28.8 Å². The molecule has 1 amide bonds. The Morgan fingerprint density at radius 1 is 1.25 bits per heavy atom. The fraction of sp³-hybridized carbons (Fsp3) is 0.500. The van der Waals surface area contributed by atoms with Gasteiger partial charge >= 0.3 is 0 Å². The summed E-state index contributed by atoms with van der Waals surface area (Å²) in [5, 5.41) is 4.14. The van der Waals surface area contributed by atoms with Crippen LogP contribution in [0.1, 0.15) is 13.8 Å². The summed E-state index contributed by atoms with van der Waals surface area (Å²) in [6, 6.07) is 5.14. The molecule has 1 saturated heterocycles. The first-order valence-electron chi connectivity index (χ1n) is 6.57. The van der Waals surface area contributed by atoms with Crippen LogP contribution < -0.4 is 5.32 Å². The van der Waals surface area contributed by atoms with E-state index in [9.17, 15) is 4.79 Å². The van der Waals surface area contributed by atoms with Crippen LogP contribution in [0.15, 0.2) is 18.2 Å². The summed E-state index contributed by atoms with van der Waals surface area (Å²) in [4.78, 5) is 14.0. The number of morpholine rings is 1. The third-order valence-electron chi connectivity index (χ3n) is 3.08. The Morgan fingerprint density at radius 3 is 2.35 bits per heavy atom. The highest BCUT2D eigenvalue weighted by Crippen LogP contribution is 2.22. The molecule has 6 heteroatoms. The van der Waals surface area contributed by atoms with Crippen molar-refractivity contribution in [1.29, 1.82) is 0 Å². The second-order valence-electron chi connectivity index (χ2n) is 5.07. The molecule has 1 aliphatic heterocycles. The van der Waals surface area contributed by atoms with Crippen LogP contribution in [-0.2, 0) is 9.53 Å². The molecule has 0 unspecified atom stereocenters. The average molecular weight is 317 g/mol. The average Bonchev–Trinajstić information content (AvgIpc) is 2.33. The van der Waals surface area contributed by atoms with Gasteiger partial charge in [-0.3, -0.25) is 4.79 Å². The predicted molar refractivity (Wildman–Crippen MR) is 81.5 cm³/mol. The molecular formula is C14H18Cl2N2O2. The van der Waals surface area contributed by atoms with Gasteiger partial charge in [0.1, 0.15) is 0 Å². The van der Waals surface area contributed by atoms with Gasteiger partial charge in [-0.15, -0.1) is 0 Å². The molecule has 0 saturated carbocycles. The first kappa shape index (κ1) is 15.4. The number of ether oxygens (including phenoxy) is 1. The van der Waals surface area contributed by atoms with Crippen molar-refractivity contribution in [2.45, 2.75) is 26.1 Å². The zero-order chi connectivity index (χ0) is 14.7. The lowest BCUT2D eigenvalue weighted by Gasteiger charge is -2.35. The monoisotopic (exact) mass is 316 g/mol. The number of amides is 1. The summed E-state index contributed by atoms with van der Waals surface area (Å²) in [7, 11) is 0. The maximum Gasteiger partial charge on any atom is 0.242 e. The van der Waals surface area contributed by atoms with Crippen molar-refractivity contribution in [1.82, 2.24) is 4.90 Å². The molecule has 110 valence electrons. The van der Waals surface area contributed by atoms with Crippen molar-refractivity contribution in [2.75, 3.05) is 25.0 Å². The lowest BCUT2D eigenvalue weighted by atomic mass is 10.2. The van der Waals surface area contributed by atoms with E-state index in [1.54, 1.807) is 18.2 Å². The minimum Gasteiger partial charge on any atom is -0.376 e. The van der Waals surface area contributed by atoms with Gasteiger partial charge in [-0.05, 0) is 32.0 Å². The van der Waals surface area contributed by atoms with Gasteiger partial charge in [-0.2, -0.15) is 0 Å². The third kappa shape index (κ3) is 4.27. The first-order valence-corrected chi connectivity index (χ1v) is 7.33. The van der Waals surface area contributed by atoms with Gasteiger partial charge in [0.05, 0.1) is 18.8 Å². The normalized spacial score (nSPS) is 22.7. The van der Waals surface area contributed by atoms with Gasteiger partial charge in [-0.1, -0.05) is 23.2 Å². The van der Waals surface area contributed by atoms with E-state index >= 15 is 0 Å². The lowest BCUT2D eigenvalue weighted by Crippen LogP contribution is -2.49. The molecule has 1 aromatic rings. The number of benzene rings is 1. The van der Waals surface area contributed by atoms with Crippen LogP contribution in [0.2, 0.25) is 10.0 Å². The molecule has 1 aromatic carbocycles. The minimum atomic E-state index is 0.0445. The van der Waals surface area contributed by atoms with Crippen LogP contribution in [0.4, 0.5) is 5.69 Å². The SMILES string of the molecule is C[C@H]1CN(C(=O)CNc2cc(Cl)cc(Cl)c2)C[C@H](C)O1. The summed E-state index contributed by atoms with van der Waals surface area (Å²) in [6.45, 7) is 5.42. The van der Waals surface area contributed by atoms with Crippen molar-refractivity contribution >= 4 is 34.8 Å². The van der Waals surface area contributed by atoms with E-state index in [0.717, 1.165) is 5.69 Å². The van der Waals surface area contributed by atoms with Crippen molar-refractivity contribution in [2.24, 2.45) is 0 Å². The van der Waals surface area contributed by atoms with E-state index in [-0.39, 0.29) is 24.7 Å². The van der Waals surface area contributed by atoms with Crippen molar-refractivity contribution < 1.29 is 9.53 Å². The smallest absolute Gasteiger partial charge is 0.242 e. The van der Waals surface area contributed by atoms with Crippen LogP contribution in [0, 0.1) is 0 Å². The predicted octanol–water partition coefficient (Wildman–Crippen LogP) is 3.04. The summed E-state index contributed by atoms with van der Waals surface area (Å²) >= 11 is 11.8. The highest BCUT2D eigenvalue weighted by molar-refractivity contribution is 6.35. The zero-order valence-corrected chi connectivity index (χ0v) is 13.0. The number of halogens is 2. The second-order valence-corrected chi connectivity index (χ2v) is 5.94. The van der Waals surface area contributed by atoms with Gasteiger partial charge in [0.25, 0.3) is 0 Å². The van der Waals surface area contributed by atoms with Crippen molar-refractivity contribution in [3.63, 3.8) is 0 Å². The number of nitrogens with zero attached hydrogens (tertiary/aromatic N) is 1. The molecule has 0 spiro atoms. The maximum absolute atomic E-state index is 12.2. The molecule has 1 aliphatic rings. The minimum absolute atomic E-state index is 0.0445. The number of carbonyl (C=O) groups is 1. The first-order chi connectivity index (χ1) is 9.44. The Balaban J connectivity index is 1.91. The Morgan fingerprint density at radius 2 is 1.80 bits per heavy atom. The fourth-order valence-electron chi connectivity index (χ4n) is 2.33. The molecule has 1 N–H and O–H groups in total. The lowest BCUT2D eigenvalue weighted by molar-refractivity contribution is -0.141. The topological polar surface area (TPSA) is 41.6 Å². The zero-order valence-electron chi connectivity index (χ0n) is 11.5. The molecule has 2 rings (SSSR count).